The molecular weight excluding hydrogens is 422 g/mol. The standard InChI is InChI=1S/C22H28ClN3O5/c1-21-9-10-22(31-21)16(15(21)18(28)24-2)20(30)26(11-5-6-12-27)17(22)19(29)25-14-8-4-3-7-13(14)23/h3-4,7-8,15-17,27H,5-6,9-12H2,1-2H3,(H,24,28)(H,25,29)/t15-,16+,17?,21+,22?/m1/s1. The Morgan fingerprint density at radius 1 is 1.26 bits per heavy atom. The maximum atomic E-state index is 13.6. The van der Waals surface area contributed by atoms with E-state index in [0.717, 1.165) is 0 Å². The lowest BCUT2D eigenvalue weighted by Crippen LogP contribution is -2.53. The minimum atomic E-state index is -1.06. The summed E-state index contributed by atoms with van der Waals surface area (Å²) in [4.78, 5) is 41.4. The number of hydrogen-bond donors (Lipinski definition) is 3. The number of benzene rings is 1. The van der Waals surface area contributed by atoms with Gasteiger partial charge >= 0.3 is 0 Å². The molecule has 3 heterocycles. The van der Waals surface area contributed by atoms with Crippen LogP contribution in [-0.4, -0.2) is 65.2 Å². The molecule has 4 rings (SSSR count). The molecule has 0 radical (unpaired) electrons. The third kappa shape index (κ3) is 3.32. The SMILES string of the molecule is CNC(=O)[C@H]1[C@H]2C(=O)N(CCCCO)C(C(=O)Nc3ccccc3Cl)C23CC[C@]1(C)O3. The van der Waals surface area contributed by atoms with E-state index in [0.29, 0.717) is 42.9 Å². The third-order valence-electron chi connectivity index (χ3n) is 6.99. The van der Waals surface area contributed by atoms with Crippen molar-refractivity contribution in [2.24, 2.45) is 11.8 Å². The van der Waals surface area contributed by atoms with Gasteiger partial charge in [-0.3, -0.25) is 14.4 Å². The van der Waals surface area contributed by atoms with E-state index in [1.54, 1.807) is 31.3 Å². The van der Waals surface area contributed by atoms with Crippen molar-refractivity contribution in [3.05, 3.63) is 29.3 Å². The Labute approximate surface area is 186 Å². The number of halogens is 1. The molecule has 0 saturated carbocycles. The van der Waals surface area contributed by atoms with E-state index in [1.807, 2.05) is 6.92 Å². The fourth-order valence-electron chi connectivity index (χ4n) is 5.68. The van der Waals surface area contributed by atoms with Crippen molar-refractivity contribution in [1.29, 1.82) is 0 Å². The van der Waals surface area contributed by atoms with Crippen LogP contribution in [0.5, 0.6) is 0 Å². The van der Waals surface area contributed by atoms with Gasteiger partial charge in [0.25, 0.3) is 0 Å². The fraction of sp³-hybridized carbons (Fsp3) is 0.591. The van der Waals surface area contributed by atoms with Crippen LogP contribution in [0, 0.1) is 11.8 Å². The first-order valence-corrected chi connectivity index (χ1v) is 11.1. The lowest BCUT2D eigenvalue weighted by Gasteiger charge is -2.33. The van der Waals surface area contributed by atoms with Crippen LogP contribution in [0.3, 0.4) is 0 Å². The molecule has 0 aromatic heterocycles. The molecule has 3 N–H and O–H groups in total. The number of rotatable bonds is 7. The van der Waals surface area contributed by atoms with Gasteiger partial charge < -0.3 is 25.4 Å². The molecule has 3 saturated heterocycles. The molecule has 1 aromatic rings. The second-order valence-corrected chi connectivity index (χ2v) is 9.18. The molecule has 0 aliphatic carbocycles. The maximum absolute atomic E-state index is 13.6. The zero-order valence-corrected chi connectivity index (χ0v) is 18.4. The molecule has 2 bridgehead atoms. The van der Waals surface area contributed by atoms with Crippen LogP contribution < -0.4 is 10.6 Å². The van der Waals surface area contributed by atoms with Crippen LogP contribution in [0.1, 0.15) is 32.6 Å². The average Bonchev–Trinajstić information content (AvgIpc) is 3.30. The van der Waals surface area contributed by atoms with E-state index >= 15 is 0 Å². The minimum Gasteiger partial charge on any atom is -0.396 e. The topological polar surface area (TPSA) is 108 Å². The highest BCUT2D eigenvalue weighted by molar-refractivity contribution is 6.33. The maximum Gasteiger partial charge on any atom is 0.250 e. The monoisotopic (exact) mass is 449 g/mol. The molecule has 3 fully saturated rings. The minimum absolute atomic E-state index is 0.00250. The number of ether oxygens (including phenoxy) is 1. The lowest BCUT2D eigenvalue weighted by molar-refractivity contribution is -0.144. The number of aliphatic hydroxyl groups excluding tert-OH is 1. The first-order chi connectivity index (χ1) is 14.8. The molecule has 31 heavy (non-hydrogen) atoms. The number of fused-ring (bicyclic) bond motifs is 1. The number of amides is 3. The van der Waals surface area contributed by atoms with Crippen LogP contribution in [0.25, 0.3) is 0 Å². The number of unbranched alkanes of at least 4 members (excludes halogenated alkanes) is 1. The van der Waals surface area contributed by atoms with Gasteiger partial charge in [-0.25, -0.2) is 0 Å². The van der Waals surface area contributed by atoms with Crippen LogP contribution >= 0.6 is 11.6 Å². The second-order valence-electron chi connectivity index (χ2n) is 8.77. The molecule has 168 valence electrons. The van der Waals surface area contributed by atoms with Gasteiger partial charge in [0.2, 0.25) is 17.7 Å². The van der Waals surface area contributed by atoms with Gasteiger partial charge in [0.05, 0.1) is 28.1 Å². The summed E-state index contributed by atoms with van der Waals surface area (Å²) in [5.41, 5.74) is -1.40. The number of likely N-dealkylation sites (tertiary alicyclic amines) is 1. The molecular formula is C22H28ClN3O5. The third-order valence-corrected chi connectivity index (χ3v) is 7.32. The molecule has 5 atom stereocenters. The van der Waals surface area contributed by atoms with E-state index < -0.39 is 29.1 Å². The quantitative estimate of drug-likeness (QED) is 0.547. The van der Waals surface area contributed by atoms with Gasteiger partial charge in [0.15, 0.2) is 0 Å². The summed E-state index contributed by atoms with van der Waals surface area (Å²) < 4.78 is 6.45. The zero-order valence-electron chi connectivity index (χ0n) is 17.7. The van der Waals surface area contributed by atoms with Gasteiger partial charge in [0.1, 0.15) is 11.6 Å². The van der Waals surface area contributed by atoms with Crippen LogP contribution in [0.4, 0.5) is 5.69 Å². The van der Waals surface area contributed by atoms with E-state index in [1.165, 1.54) is 4.90 Å². The normalized spacial score (nSPS) is 33.5. The summed E-state index contributed by atoms with van der Waals surface area (Å²) in [6.07, 6.45) is 2.17. The summed E-state index contributed by atoms with van der Waals surface area (Å²) in [7, 11) is 1.55. The molecule has 2 unspecified atom stereocenters. The van der Waals surface area contributed by atoms with Crippen molar-refractivity contribution in [3.8, 4) is 0 Å². The van der Waals surface area contributed by atoms with Crippen molar-refractivity contribution in [2.45, 2.75) is 49.9 Å². The van der Waals surface area contributed by atoms with Gasteiger partial charge in [-0.05, 0) is 44.7 Å². The number of hydrogen-bond acceptors (Lipinski definition) is 5. The Bertz CT molecular complexity index is 911. The summed E-state index contributed by atoms with van der Waals surface area (Å²) in [6, 6.07) is 6.03. The van der Waals surface area contributed by atoms with Gasteiger partial charge in [-0.2, -0.15) is 0 Å². The number of carbonyl (C=O) groups is 3. The highest BCUT2D eigenvalue weighted by Crippen LogP contribution is 2.63. The highest BCUT2D eigenvalue weighted by atomic mass is 35.5. The fourth-order valence-corrected chi connectivity index (χ4v) is 5.86. The number of para-hydroxylation sites is 1. The highest BCUT2D eigenvalue weighted by Gasteiger charge is 2.77. The average molecular weight is 450 g/mol. The smallest absolute Gasteiger partial charge is 0.250 e. The molecule has 3 amide bonds. The van der Waals surface area contributed by atoms with Gasteiger partial charge in [-0.15, -0.1) is 0 Å². The van der Waals surface area contributed by atoms with Crippen molar-refractivity contribution < 1.29 is 24.2 Å². The summed E-state index contributed by atoms with van der Waals surface area (Å²) >= 11 is 6.23. The van der Waals surface area contributed by atoms with Crippen molar-refractivity contribution in [1.82, 2.24) is 10.2 Å². The first-order valence-electron chi connectivity index (χ1n) is 10.7. The number of nitrogens with zero attached hydrogens (tertiary/aromatic N) is 1. The Hall–Kier alpha value is -2.16. The molecule has 9 heteroatoms. The van der Waals surface area contributed by atoms with E-state index in [4.69, 9.17) is 16.3 Å². The molecule has 3 aliphatic rings. The first kappa shape index (κ1) is 22.0. The molecule has 8 nitrogen and oxygen atoms in total. The van der Waals surface area contributed by atoms with Crippen LogP contribution in [0.15, 0.2) is 24.3 Å². The summed E-state index contributed by atoms with van der Waals surface area (Å²) in [5.74, 6) is -2.24. The number of anilines is 1. The molecule has 1 aromatic carbocycles. The number of carbonyl (C=O) groups excluding carboxylic acids is 3. The Morgan fingerprint density at radius 2 is 2.00 bits per heavy atom. The number of nitrogens with one attached hydrogen (secondary N) is 2. The predicted octanol–water partition coefficient (Wildman–Crippen LogP) is 1.56. The van der Waals surface area contributed by atoms with E-state index in [2.05, 4.69) is 10.6 Å². The molecule has 1 spiro atoms. The van der Waals surface area contributed by atoms with E-state index in [-0.39, 0.29) is 24.3 Å². The van der Waals surface area contributed by atoms with Crippen molar-refractivity contribution in [2.75, 3.05) is 25.5 Å². The lowest BCUT2D eigenvalue weighted by atomic mass is 9.66. The molecule has 3 aliphatic heterocycles. The van der Waals surface area contributed by atoms with Crippen LogP contribution in [-0.2, 0) is 19.1 Å². The Kier molecular flexibility index (Phi) is 5.74. The van der Waals surface area contributed by atoms with Crippen molar-refractivity contribution >= 4 is 35.0 Å². The van der Waals surface area contributed by atoms with Gasteiger partial charge in [0, 0.05) is 20.2 Å². The Balaban J connectivity index is 1.72. The van der Waals surface area contributed by atoms with Crippen molar-refractivity contribution in [3.63, 3.8) is 0 Å². The van der Waals surface area contributed by atoms with Gasteiger partial charge in [-0.1, -0.05) is 23.7 Å². The summed E-state index contributed by atoms with van der Waals surface area (Å²) in [5, 5.41) is 15.1. The predicted molar refractivity (Wildman–Crippen MR) is 114 cm³/mol. The van der Waals surface area contributed by atoms with Crippen LogP contribution in [0.2, 0.25) is 5.02 Å². The Morgan fingerprint density at radius 3 is 2.68 bits per heavy atom. The second kappa shape index (κ2) is 8.07. The largest absolute Gasteiger partial charge is 0.396 e. The van der Waals surface area contributed by atoms with E-state index in [9.17, 15) is 19.5 Å². The number of aliphatic hydroxyl groups is 1. The zero-order chi connectivity index (χ0) is 22.4. The summed E-state index contributed by atoms with van der Waals surface area (Å²) in [6.45, 7) is 2.16.